The fourth-order valence-electron chi connectivity index (χ4n) is 3.51. The first-order valence-corrected chi connectivity index (χ1v) is 9.28. The molecule has 2 heterocycles. The van der Waals surface area contributed by atoms with Crippen molar-refractivity contribution < 1.29 is 0 Å². The van der Waals surface area contributed by atoms with Crippen LogP contribution in [0.2, 0.25) is 0 Å². The molecule has 0 spiro atoms. The first-order chi connectivity index (χ1) is 12.3. The van der Waals surface area contributed by atoms with Crippen LogP contribution in [0.5, 0.6) is 0 Å². The lowest BCUT2D eigenvalue weighted by Crippen LogP contribution is -2.07. The number of rotatable bonds is 3. The molecule has 0 aliphatic carbocycles. The van der Waals surface area contributed by atoms with Gasteiger partial charge < -0.3 is 5.32 Å². The maximum absolute atomic E-state index is 5.01. The van der Waals surface area contributed by atoms with Crippen molar-refractivity contribution in [2.24, 2.45) is 0 Å². The Morgan fingerprint density at radius 1 is 1.00 bits per heavy atom. The van der Waals surface area contributed by atoms with Gasteiger partial charge in [-0.15, -0.1) is 0 Å². The van der Waals surface area contributed by atoms with Gasteiger partial charge in [0.2, 0.25) is 0 Å². The van der Waals surface area contributed by atoms with E-state index >= 15 is 0 Å². The summed E-state index contributed by atoms with van der Waals surface area (Å²) < 4.78 is 2.09. The minimum absolute atomic E-state index is 1.01. The number of nitrogens with zero attached hydrogens (tertiary/aromatic N) is 2. The zero-order valence-corrected chi connectivity index (χ0v) is 15.0. The third-order valence-electron chi connectivity index (χ3n) is 5.04. The van der Waals surface area contributed by atoms with Crippen molar-refractivity contribution in [3.63, 3.8) is 0 Å². The molecule has 128 valence electrons. The second kappa shape index (κ2) is 6.75. The summed E-state index contributed by atoms with van der Waals surface area (Å²) in [5.74, 6) is 1.16. The van der Waals surface area contributed by atoms with Gasteiger partial charge in [-0.2, -0.15) is 5.10 Å². The van der Waals surface area contributed by atoms with Crippen LogP contribution in [0.25, 0.3) is 16.9 Å². The highest BCUT2D eigenvalue weighted by Crippen LogP contribution is 2.34. The second-order valence-corrected chi connectivity index (χ2v) is 6.86. The maximum atomic E-state index is 5.01. The van der Waals surface area contributed by atoms with E-state index in [1.54, 1.807) is 0 Å². The van der Waals surface area contributed by atoms with Crippen LogP contribution >= 0.6 is 0 Å². The molecule has 2 aromatic carbocycles. The molecular weight excluding hydrogens is 306 g/mol. The Balaban J connectivity index is 1.85. The lowest BCUT2D eigenvalue weighted by Gasteiger charge is -2.09. The summed E-state index contributed by atoms with van der Waals surface area (Å²) >= 11 is 0. The summed E-state index contributed by atoms with van der Waals surface area (Å²) in [6, 6.07) is 17.5. The monoisotopic (exact) mass is 331 g/mol. The maximum Gasteiger partial charge on any atom is 0.133 e. The number of hydrogen-bond acceptors (Lipinski definition) is 2. The molecule has 1 aliphatic rings. The summed E-state index contributed by atoms with van der Waals surface area (Å²) in [5, 5.41) is 8.64. The van der Waals surface area contributed by atoms with Crippen molar-refractivity contribution in [2.45, 2.75) is 39.5 Å². The molecule has 4 rings (SSSR count). The van der Waals surface area contributed by atoms with Gasteiger partial charge in [-0.1, -0.05) is 48.9 Å². The van der Waals surface area contributed by atoms with Gasteiger partial charge in [0.1, 0.15) is 5.82 Å². The van der Waals surface area contributed by atoms with Crippen LogP contribution in [-0.4, -0.2) is 16.3 Å². The Morgan fingerprint density at radius 3 is 2.48 bits per heavy atom. The van der Waals surface area contributed by atoms with E-state index in [-0.39, 0.29) is 0 Å². The van der Waals surface area contributed by atoms with Crippen LogP contribution in [0.4, 0.5) is 5.82 Å². The number of hydrogen-bond donors (Lipinski definition) is 1. The van der Waals surface area contributed by atoms with E-state index in [4.69, 9.17) is 5.10 Å². The fourth-order valence-corrected chi connectivity index (χ4v) is 3.51. The lowest BCUT2D eigenvalue weighted by molar-refractivity contribution is 0.780. The molecule has 3 nitrogen and oxygen atoms in total. The number of fused-ring (bicyclic) bond motifs is 1. The highest BCUT2D eigenvalue weighted by Gasteiger charge is 2.21. The summed E-state index contributed by atoms with van der Waals surface area (Å²) in [5.41, 5.74) is 7.43. The number of aromatic nitrogens is 2. The van der Waals surface area contributed by atoms with Crippen molar-refractivity contribution in [1.29, 1.82) is 0 Å². The van der Waals surface area contributed by atoms with Crippen LogP contribution in [0.1, 0.15) is 36.5 Å². The van der Waals surface area contributed by atoms with Gasteiger partial charge in [0.15, 0.2) is 0 Å². The van der Waals surface area contributed by atoms with Gasteiger partial charge >= 0.3 is 0 Å². The summed E-state index contributed by atoms with van der Waals surface area (Å²) in [4.78, 5) is 0. The average Bonchev–Trinajstić information content (AvgIpc) is 2.84. The zero-order chi connectivity index (χ0) is 17.2. The van der Waals surface area contributed by atoms with E-state index in [0.29, 0.717) is 0 Å². The molecular formula is C22H25N3. The summed E-state index contributed by atoms with van der Waals surface area (Å²) in [6.45, 7) is 5.32. The molecule has 0 amide bonds. The van der Waals surface area contributed by atoms with Crippen molar-refractivity contribution in [3.8, 4) is 16.9 Å². The van der Waals surface area contributed by atoms with E-state index in [2.05, 4.69) is 72.4 Å². The standard InChI is InChI=1S/C22H25N3/c1-3-17-9-13-19(14-10-17)25-22-20(6-4-5-15-23-22)21(24-25)18-11-7-16(2)8-12-18/h7-14,23H,3-6,15H2,1-2H3. The minimum Gasteiger partial charge on any atom is -0.370 e. The average molecular weight is 331 g/mol. The first-order valence-electron chi connectivity index (χ1n) is 9.28. The van der Waals surface area contributed by atoms with E-state index < -0.39 is 0 Å². The molecule has 0 saturated carbocycles. The van der Waals surface area contributed by atoms with Crippen LogP contribution in [0, 0.1) is 6.92 Å². The highest BCUT2D eigenvalue weighted by atomic mass is 15.3. The Bertz CT molecular complexity index is 858. The SMILES string of the molecule is CCc1ccc(-n2nc(-c3ccc(C)cc3)c3c2NCCCC3)cc1. The number of nitrogens with one attached hydrogen (secondary N) is 1. The smallest absolute Gasteiger partial charge is 0.133 e. The summed E-state index contributed by atoms with van der Waals surface area (Å²) in [6.07, 6.45) is 4.55. The van der Waals surface area contributed by atoms with Gasteiger partial charge in [-0.3, -0.25) is 0 Å². The molecule has 0 bridgehead atoms. The molecule has 3 heteroatoms. The third kappa shape index (κ3) is 3.07. The van der Waals surface area contributed by atoms with Crippen LogP contribution in [0.3, 0.4) is 0 Å². The molecule has 0 saturated heterocycles. The van der Waals surface area contributed by atoms with Crippen LogP contribution < -0.4 is 5.32 Å². The number of benzene rings is 2. The Kier molecular flexibility index (Phi) is 4.31. The minimum atomic E-state index is 1.01. The van der Waals surface area contributed by atoms with Crippen LogP contribution in [-0.2, 0) is 12.8 Å². The molecule has 0 atom stereocenters. The van der Waals surface area contributed by atoms with Crippen molar-refractivity contribution in [1.82, 2.24) is 9.78 Å². The van der Waals surface area contributed by atoms with Crippen molar-refractivity contribution in [3.05, 3.63) is 65.2 Å². The van der Waals surface area contributed by atoms with Gasteiger partial charge in [0, 0.05) is 17.7 Å². The van der Waals surface area contributed by atoms with E-state index in [9.17, 15) is 0 Å². The molecule has 1 aliphatic heterocycles. The lowest BCUT2D eigenvalue weighted by atomic mass is 10.0. The van der Waals surface area contributed by atoms with Gasteiger partial charge in [-0.05, 0) is 50.3 Å². The van der Waals surface area contributed by atoms with Gasteiger partial charge in [0.05, 0.1) is 11.4 Å². The zero-order valence-electron chi connectivity index (χ0n) is 15.0. The number of anilines is 1. The topological polar surface area (TPSA) is 29.9 Å². The molecule has 3 aromatic rings. The second-order valence-electron chi connectivity index (χ2n) is 6.86. The highest BCUT2D eigenvalue weighted by molar-refractivity contribution is 5.71. The normalized spacial score (nSPS) is 13.8. The summed E-state index contributed by atoms with van der Waals surface area (Å²) in [7, 11) is 0. The largest absolute Gasteiger partial charge is 0.370 e. The quantitative estimate of drug-likeness (QED) is 0.718. The van der Waals surface area contributed by atoms with Crippen LogP contribution in [0.15, 0.2) is 48.5 Å². The van der Waals surface area contributed by atoms with Crippen molar-refractivity contribution >= 4 is 5.82 Å². The molecule has 0 fully saturated rings. The Morgan fingerprint density at radius 2 is 1.76 bits per heavy atom. The Hall–Kier alpha value is -2.55. The molecule has 0 unspecified atom stereocenters. The van der Waals surface area contributed by atoms with Gasteiger partial charge in [-0.25, -0.2) is 4.68 Å². The number of aryl methyl sites for hydroxylation is 2. The Labute approximate surface area is 149 Å². The molecule has 1 aromatic heterocycles. The van der Waals surface area contributed by atoms with Gasteiger partial charge in [0.25, 0.3) is 0 Å². The molecule has 1 N–H and O–H groups in total. The van der Waals surface area contributed by atoms with E-state index in [1.807, 2.05) is 0 Å². The predicted molar refractivity (Wildman–Crippen MR) is 105 cm³/mol. The first kappa shape index (κ1) is 15.9. The molecule has 0 radical (unpaired) electrons. The predicted octanol–water partition coefficient (Wildman–Crippen LogP) is 5.16. The third-order valence-corrected chi connectivity index (χ3v) is 5.04. The van der Waals surface area contributed by atoms with E-state index in [0.717, 1.165) is 36.6 Å². The van der Waals surface area contributed by atoms with Crippen molar-refractivity contribution in [2.75, 3.05) is 11.9 Å². The fraction of sp³-hybridized carbons (Fsp3) is 0.318. The van der Waals surface area contributed by atoms with E-state index in [1.165, 1.54) is 35.1 Å². The molecule has 25 heavy (non-hydrogen) atoms.